The topological polar surface area (TPSA) is 58.4 Å². The van der Waals surface area contributed by atoms with Crippen LogP contribution in [0.2, 0.25) is 0 Å². The second-order valence-electron chi connectivity index (χ2n) is 3.03. The number of thiocarbonyl (C=S) groups is 1. The number of rotatable bonds is 5. The lowest BCUT2D eigenvalue weighted by atomic mass is 10.4. The predicted octanol–water partition coefficient (Wildman–Crippen LogP) is -0.117. The van der Waals surface area contributed by atoms with Crippen molar-refractivity contribution >= 4 is 23.1 Å². The number of halogens is 3. The highest BCUT2D eigenvalue weighted by atomic mass is 32.1. The summed E-state index contributed by atoms with van der Waals surface area (Å²) < 4.78 is 35.1. The number of carbonyl (C=O) groups excluding carboxylic acids is 1. The van der Waals surface area contributed by atoms with Gasteiger partial charge in [-0.1, -0.05) is 12.2 Å². The number of nitrogens with two attached hydrogens (primary N) is 1. The first kappa shape index (κ1) is 14.1. The first-order chi connectivity index (χ1) is 6.70. The van der Waals surface area contributed by atoms with E-state index in [1.165, 1.54) is 11.9 Å². The maximum Gasteiger partial charge on any atom is 0.405 e. The van der Waals surface area contributed by atoms with Crippen molar-refractivity contribution in [3.63, 3.8) is 0 Å². The van der Waals surface area contributed by atoms with Gasteiger partial charge >= 0.3 is 6.18 Å². The molecule has 1 amide bonds. The van der Waals surface area contributed by atoms with E-state index in [1.807, 2.05) is 0 Å². The van der Waals surface area contributed by atoms with Crippen molar-refractivity contribution in [1.82, 2.24) is 10.2 Å². The van der Waals surface area contributed by atoms with Crippen LogP contribution >= 0.6 is 12.2 Å². The average Bonchev–Trinajstić information content (AvgIpc) is 1.97. The molecule has 0 unspecified atom stereocenters. The minimum Gasteiger partial charge on any atom is -0.392 e. The van der Waals surface area contributed by atoms with E-state index in [4.69, 9.17) is 5.73 Å². The minimum absolute atomic E-state index is 0.173. The fourth-order valence-electron chi connectivity index (χ4n) is 0.822. The number of alkyl halides is 3. The second kappa shape index (κ2) is 5.86. The van der Waals surface area contributed by atoms with E-state index in [0.717, 1.165) is 0 Å². The highest BCUT2D eigenvalue weighted by Crippen LogP contribution is 2.11. The van der Waals surface area contributed by atoms with Gasteiger partial charge in [0.05, 0.1) is 11.5 Å². The standard InChI is InChI=1S/C7H12F3N3OS/c1-13(2-5(11)15)3-6(14)12-4-7(8,9)10/h2-4H2,1H3,(H2,11,15)(H,12,14). The molecule has 0 rings (SSSR count). The zero-order valence-electron chi connectivity index (χ0n) is 8.10. The van der Waals surface area contributed by atoms with Gasteiger partial charge in [-0.15, -0.1) is 0 Å². The van der Waals surface area contributed by atoms with Crippen molar-refractivity contribution in [1.29, 1.82) is 0 Å². The minimum atomic E-state index is -4.39. The van der Waals surface area contributed by atoms with Crippen LogP contribution < -0.4 is 11.1 Å². The molecule has 0 atom stereocenters. The first-order valence-electron chi connectivity index (χ1n) is 4.01. The number of likely N-dealkylation sites (N-methyl/N-ethyl adjacent to an activating group) is 1. The molecule has 0 aromatic heterocycles. The molecule has 15 heavy (non-hydrogen) atoms. The summed E-state index contributed by atoms with van der Waals surface area (Å²) in [5.41, 5.74) is 5.19. The summed E-state index contributed by atoms with van der Waals surface area (Å²) in [6, 6.07) is 0. The van der Waals surface area contributed by atoms with Gasteiger partial charge in [0.2, 0.25) is 5.91 Å². The molecule has 0 aromatic carbocycles. The Morgan fingerprint density at radius 1 is 1.47 bits per heavy atom. The van der Waals surface area contributed by atoms with Gasteiger partial charge in [0.1, 0.15) is 6.54 Å². The van der Waals surface area contributed by atoms with Gasteiger partial charge < -0.3 is 11.1 Å². The molecule has 8 heteroatoms. The summed E-state index contributed by atoms with van der Waals surface area (Å²) in [6.07, 6.45) is -4.39. The van der Waals surface area contributed by atoms with Gasteiger partial charge in [-0.2, -0.15) is 13.2 Å². The molecule has 0 aliphatic heterocycles. The zero-order chi connectivity index (χ0) is 12.1. The van der Waals surface area contributed by atoms with Crippen molar-refractivity contribution in [2.24, 2.45) is 5.73 Å². The van der Waals surface area contributed by atoms with Gasteiger partial charge in [-0.05, 0) is 7.05 Å². The average molecular weight is 243 g/mol. The molecule has 0 spiro atoms. The van der Waals surface area contributed by atoms with Crippen LogP contribution in [0.25, 0.3) is 0 Å². The largest absolute Gasteiger partial charge is 0.405 e. The molecule has 88 valence electrons. The van der Waals surface area contributed by atoms with E-state index >= 15 is 0 Å². The Balaban J connectivity index is 3.79. The number of carbonyl (C=O) groups is 1. The van der Waals surface area contributed by atoms with Gasteiger partial charge in [0.15, 0.2) is 0 Å². The van der Waals surface area contributed by atoms with E-state index < -0.39 is 18.6 Å². The third-order valence-corrected chi connectivity index (χ3v) is 1.45. The summed E-state index contributed by atoms with van der Waals surface area (Å²) >= 11 is 4.57. The predicted molar refractivity (Wildman–Crippen MR) is 53.3 cm³/mol. The lowest BCUT2D eigenvalue weighted by Crippen LogP contribution is -2.41. The number of amides is 1. The molecule has 0 bridgehead atoms. The molecule has 3 N–H and O–H groups in total. The van der Waals surface area contributed by atoms with Crippen molar-refractivity contribution in [3.05, 3.63) is 0 Å². The Labute approximate surface area is 90.6 Å². The molecular weight excluding hydrogens is 231 g/mol. The van der Waals surface area contributed by atoms with E-state index in [-0.39, 0.29) is 18.1 Å². The summed E-state index contributed by atoms with van der Waals surface area (Å²) in [5.74, 6) is -0.717. The third kappa shape index (κ3) is 9.42. The SMILES string of the molecule is CN(CC(=O)NCC(F)(F)F)CC(N)=S. The van der Waals surface area contributed by atoms with Crippen molar-refractivity contribution in [3.8, 4) is 0 Å². The van der Waals surface area contributed by atoms with Crippen molar-refractivity contribution in [2.45, 2.75) is 6.18 Å². The van der Waals surface area contributed by atoms with Crippen LogP contribution in [0.5, 0.6) is 0 Å². The van der Waals surface area contributed by atoms with Crippen LogP contribution in [0, 0.1) is 0 Å². The van der Waals surface area contributed by atoms with Crippen LogP contribution in [0.3, 0.4) is 0 Å². The van der Waals surface area contributed by atoms with Crippen LogP contribution in [0.15, 0.2) is 0 Å². The summed E-state index contributed by atoms with van der Waals surface area (Å²) in [4.78, 5) is 12.6. The summed E-state index contributed by atoms with van der Waals surface area (Å²) in [6.45, 7) is -1.31. The van der Waals surface area contributed by atoms with E-state index in [9.17, 15) is 18.0 Å². The van der Waals surface area contributed by atoms with Crippen LogP contribution in [0.1, 0.15) is 0 Å². The molecule has 0 aliphatic rings. The fraction of sp³-hybridized carbons (Fsp3) is 0.714. The molecule has 0 fully saturated rings. The Bertz CT molecular complexity index is 244. The number of nitrogens with one attached hydrogen (secondary N) is 1. The third-order valence-electron chi connectivity index (χ3n) is 1.33. The molecule has 4 nitrogen and oxygen atoms in total. The quantitative estimate of drug-likeness (QED) is 0.661. The highest BCUT2D eigenvalue weighted by Gasteiger charge is 2.27. The van der Waals surface area contributed by atoms with E-state index in [0.29, 0.717) is 0 Å². The smallest absolute Gasteiger partial charge is 0.392 e. The van der Waals surface area contributed by atoms with Gasteiger partial charge in [0.25, 0.3) is 0 Å². The van der Waals surface area contributed by atoms with Crippen molar-refractivity contribution in [2.75, 3.05) is 26.7 Å². The molecular formula is C7H12F3N3OS. The molecule has 0 saturated carbocycles. The lowest BCUT2D eigenvalue weighted by molar-refractivity contribution is -0.138. The Kier molecular flexibility index (Phi) is 5.51. The molecule has 0 heterocycles. The van der Waals surface area contributed by atoms with Crippen LogP contribution in [-0.4, -0.2) is 48.7 Å². The summed E-state index contributed by atoms with van der Waals surface area (Å²) in [7, 11) is 1.53. The number of hydrogen-bond donors (Lipinski definition) is 2. The van der Waals surface area contributed by atoms with E-state index in [2.05, 4.69) is 12.2 Å². The Morgan fingerprint density at radius 2 is 2.00 bits per heavy atom. The lowest BCUT2D eigenvalue weighted by Gasteiger charge is -2.15. The molecule has 0 aliphatic carbocycles. The number of hydrogen-bond acceptors (Lipinski definition) is 3. The van der Waals surface area contributed by atoms with Crippen molar-refractivity contribution < 1.29 is 18.0 Å². The van der Waals surface area contributed by atoms with Gasteiger partial charge in [0, 0.05) is 6.54 Å². The monoisotopic (exact) mass is 243 g/mol. The normalized spacial score (nSPS) is 11.5. The van der Waals surface area contributed by atoms with Gasteiger partial charge in [-0.25, -0.2) is 0 Å². The molecule has 0 aromatic rings. The molecule has 0 saturated heterocycles. The summed E-state index contributed by atoms with van der Waals surface area (Å²) in [5, 5.41) is 1.74. The Morgan fingerprint density at radius 3 is 2.40 bits per heavy atom. The van der Waals surface area contributed by atoms with Gasteiger partial charge in [-0.3, -0.25) is 9.69 Å². The van der Waals surface area contributed by atoms with Crippen LogP contribution in [-0.2, 0) is 4.79 Å². The van der Waals surface area contributed by atoms with E-state index in [1.54, 1.807) is 5.32 Å². The Hall–Kier alpha value is -0.890. The van der Waals surface area contributed by atoms with Crippen LogP contribution in [0.4, 0.5) is 13.2 Å². The second-order valence-corrected chi connectivity index (χ2v) is 3.55. The maximum absolute atomic E-state index is 11.7. The first-order valence-corrected chi connectivity index (χ1v) is 4.42. The fourth-order valence-corrected chi connectivity index (χ4v) is 1.04. The zero-order valence-corrected chi connectivity index (χ0v) is 8.91. The highest BCUT2D eigenvalue weighted by molar-refractivity contribution is 7.80. The maximum atomic E-state index is 11.7. The number of nitrogens with zero attached hydrogens (tertiary/aromatic N) is 1. The molecule has 0 radical (unpaired) electrons.